The summed E-state index contributed by atoms with van der Waals surface area (Å²) in [4.78, 5) is 24.2. The van der Waals surface area contributed by atoms with Gasteiger partial charge in [0.25, 0.3) is 0 Å². The first-order chi connectivity index (χ1) is 12.5. The highest BCUT2D eigenvalue weighted by Crippen LogP contribution is 1.89. The number of rotatable bonds is 9. The molecule has 6 heteroatoms. The smallest absolute Gasteiger partial charge is 0.237 e. The SMILES string of the molecule is C=C/C=C\C=C/C(=C)N/N=c1\ccc(=O)/c(=N/N/C(C=C)=C/C=C)c1=O. The fourth-order valence-corrected chi connectivity index (χ4v) is 1.62. The second-order valence-corrected chi connectivity index (χ2v) is 4.77. The standard InChI is InChI=1S/C20H20N4O2/c1-5-8-9-10-12-15(4)21-23-17-13-14-18(25)19(20(17)26)24-22-16(7-3)11-6-2/h5-14,21-22H,1-4H2/b9-8-,12-10-,16-11+,23-17+,24-19-. The molecular formula is C20H20N4O2. The molecule has 0 radical (unpaired) electrons. The summed E-state index contributed by atoms with van der Waals surface area (Å²) in [6.45, 7) is 14.4. The monoisotopic (exact) mass is 348 g/mol. The molecule has 0 spiro atoms. The predicted octanol–water partition coefficient (Wildman–Crippen LogP) is 1.16. The molecule has 26 heavy (non-hydrogen) atoms. The summed E-state index contributed by atoms with van der Waals surface area (Å²) in [6, 6.07) is 2.54. The lowest BCUT2D eigenvalue weighted by molar-refractivity contribution is 0.845. The van der Waals surface area contributed by atoms with Gasteiger partial charge in [0, 0.05) is 5.70 Å². The fraction of sp³-hybridized carbons (Fsp3) is 0. The van der Waals surface area contributed by atoms with Gasteiger partial charge in [0.15, 0.2) is 5.36 Å². The average molecular weight is 348 g/mol. The molecule has 0 bridgehead atoms. The van der Waals surface area contributed by atoms with Crippen molar-refractivity contribution in [2.75, 3.05) is 0 Å². The number of hydrogen-bond acceptors (Lipinski definition) is 6. The largest absolute Gasteiger partial charge is 0.287 e. The van der Waals surface area contributed by atoms with Gasteiger partial charge in [0.1, 0.15) is 5.36 Å². The Hall–Kier alpha value is -3.80. The molecule has 0 aliphatic heterocycles. The number of benzene rings is 1. The molecule has 2 N–H and O–H groups in total. The second kappa shape index (κ2) is 10.9. The number of hydrogen-bond donors (Lipinski definition) is 2. The van der Waals surface area contributed by atoms with Crippen molar-refractivity contribution in [2.45, 2.75) is 0 Å². The van der Waals surface area contributed by atoms with E-state index in [1.165, 1.54) is 24.3 Å². The van der Waals surface area contributed by atoms with Crippen LogP contribution >= 0.6 is 0 Å². The van der Waals surface area contributed by atoms with Crippen molar-refractivity contribution in [2.24, 2.45) is 10.2 Å². The van der Waals surface area contributed by atoms with Crippen LogP contribution in [0.1, 0.15) is 0 Å². The van der Waals surface area contributed by atoms with Crippen molar-refractivity contribution in [3.8, 4) is 0 Å². The first kappa shape index (κ1) is 20.2. The van der Waals surface area contributed by atoms with Crippen LogP contribution < -0.4 is 32.4 Å². The van der Waals surface area contributed by atoms with Gasteiger partial charge in [-0.25, -0.2) is 0 Å². The van der Waals surface area contributed by atoms with Crippen LogP contribution in [0.2, 0.25) is 0 Å². The lowest BCUT2D eigenvalue weighted by atomic mass is 10.3. The van der Waals surface area contributed by atoms with Crippen molar-refractivity contribution in [3.63, 3.8) is 0 Å². The highest BCUT2D eigenvalue weighted by atomic mass is 16.1. The van der Waals surface area contributed by atoms with Crippen LogP contribution in [0.25, 0.3) is 0 Å². The van der Waals surface area contributed by atoms with Gasteiger partial charge in [-0.1, -0.05) is 56.7 Å². The highest BCUT2D eigenvalue weighted by molar-refractivity contribution is 5.19. The van der Waals surface area contributed by atoms with E-state index in [0.29, 0.717) is 11.4 Å². The number of nitrogens with zero attached hydrogens (tertiary/aromatic N) is 2. The van der Waals surface area contributed by atoms with Gasteiger partial charge in [-0.3, -0.25) is 20.4 Å². The molecule has 1 aromatic rings. The Morgan fingerprint density at radius 3 is 2.38 bits per heavy atom. The highest BCUT2D eigenvalue weighted by Gasteiger charge is 2.00. The molecule has 132 valence electrons. The van der Waals surface area contributed by atoms with Gasteiger partial charge < -0.3 is 0 Å². The molecule has 6 nitrogen and oxygen atoms in total. The van der Waals surface area contributed by atoms with E-state index in [1.54, 1.807) is 36.5 Å². The van der Waals surface area contributed by atoms with Crippen LogP contribution in [0, 0.1) is 0 Å². The molecular weight excluding hydrogens is 328 g/mol. The van der Waals surface area contributed by atoms with Gasteiger partial charge in [-0.15, -0.1) is 0 Å². The summed E-state index contributed by atoms with van der Waals surface area (Å²) >= 11 is 0. The van der Waals surface area contributed by atoms with E-state index in [1.807, 2.05) is 0 Å². The number of nitrogens with one attached hydrogen (secondary N) is 2. The van der Waals surface area contributed by atoms with Crippen molar-refractivity contribution in [3.05, 3.63) is 130 Å². The first-order valence-electron chi connectivity index (χ1n) is 7.57. The summed E-state index contributed by atoms with van der Waals surface area (Å²) < 4.78 is 0. The summed E-state index contributed by atoms with van der Waals surface area (Å²) in [6.07, 6.45) is 13.2. The van der Waals surface area contributed by atoms with Gasteiger partial charge in [0.2, 0.25) is 10.9 Å². The molecule has 0 saturated heterocycles. The molecule has 0 aromatic heterocycles. The molecule has 0 unspecified atom stereocenters. The first-order valence-corrected chi connectivity index (χ1v) is 7.57. The van der Waals surface area contributed by atoms with E-state index in [9.17, 15) is 9.59 Å². The number of allylic oxidation sites excluding steroid dienone is 8. The van der Waals surface area contributed by atoms with E-state index in [0.717, 1.165) is 0 Å². The van der Waals surface area contributed by atoms with E-state index >= 15 is 0 Å². The molecule has 0 atom stereocenters. The zero-order valence-electron chi connectivity index (χ0n) is 14.3. The maximum Gasteiger partial charge on any atom is 0.237 e. The van der Waals surface area contributed by atoms with E-state index in [2.05, 4.69) is 47.4 Å². The normalized spacial score (nSPS) is 13.2. The average Bonchev–Trinajstić information content (AvgIpc) is 2.63. The minimum absolute atomic E-state index is 0.0363. The lowest BCUT2D eigenvalue weighted by Gasteiger charge is -1.98. The minimum Gasteiger partial charge on any atom is -0.287 e. The van der Waals surface area contributed by atoms with Gasteiger partial charge in [0.05, 0.1) is 5.70 Å². The van der Waals surface area contributed by atoms with Crippen LogP contribution in [0.15, 0.2) is 118 Å². The summed E-state index contributed by atoms with van der Waals surface area (Å²) in [7, 11) is 0. The summed E-state index contributed by atoms with van der Waals surface area (Å²) in [5.74, 6) is 0. The van der Waals surface area contributed by atoms with Gasteiger partial charge in [-0.2, -0.15) is 10.2 Å². The summed E-state index contributed by atoms with van der Waals surface area (Å²) in [5.41, 5.74) is 5.06. The fourth-order valence-electron chi connectivity index (χ4n) is 1.62. The quantitative estimate of drug-likeness (QED) is 0.518. The van der Waals surface area contributed by atoms with E-state index in [-0.39, 0.29) is 10.7 Å². The zero-order valence-corrected chi connectivity index (χ0v) is 14.3. The Bertz CT molecular complexity index is 1000. The second-order valence-electron chi connectivity index (χ2n) is 4.77. The molecule has 1 rings (SSSR count). The molecule has 0 aliphatic carbocycles. The topological polar surface area (TPSA) is 82.9 Å². The molecule has 0 amide bonds. The Labute approximate surface area is 151 Å². The van der Waals surface area contributed by atoms with Crippen LogP contribution in [0.5, 0.6) is 0 Å². The maximum atomic E-state index is 12.4. The third-order valence-electron chi connectivity index (χ3n) is 2.86. The van der Waals surface area contributed by atoms with Crippen molar-refractivity contribution >= 4 is 0 Å². The van der Waals surface area contributed by atoms with Crippen LogP contribution in [-0.2, 0) is 0 Å². The summed E-state index contributed by atoms with van der Waals surface area (Å²) in [5, 5.41) is 7.56. The minimum atomic E-state index is -0.608. The maximum absolute atomic E-state index is 12.4. The third kappa shape index (κ3) is 6.37. The van der Waals surface area contributed by atoms with E-state index < -0.39 is 10.9 Å². The van der Waals surface area contributed by atoms with Crippen molar-refractivity contribution in [1.82, 2.24) is 10.9 Å². The van der Waals surface area contributed by atoms with Crippen LogP contribution in [0.3, 0.4) is 0 Å². The zero-order chi connectivity index (χ0) is 19.4. The Balaban J connectivity index is 3.15. The molecule has 0 fully saturated rings. The van der Waals surface area contributed by atoms with Crippen molar-refractivity contribution in [1.29, 1.82) is 0 Å². The van der Waals surface area contributed by atoms with Crippen LogP contribution in [-0.4, -0.2) is 0 Å². The molecule has 0 heterocycles. The van der Waals surface area contributed by atoms with Crippen LogP contribution in [0.4, 0.5) is 0 Å². The van der Waals surface area contributed by atoms with E-state index in [4.69, 9.17) is 0 Å². The Kier molecular flexibility index (Phi) is 8.47. The van der Waals surface area contributed by atoms with Gasteiger partial charge >= 0.3 is 0 Å². The molecule has 0 aliphatic rings. The Morgan fingerprint density at radius 1 is 0.962 bits per heavy atom. The van der Waals surface area contributed by atoms with Gasteiger partial charge in [-0.05, 0) is 30.4 Å². The third-order valence-corrected chi connectivity index (χ3v) is 2.86. The van der Waals surface area contributed by atoms with Crippen molar-refractivity contribution < 1.29 is 0 Å². The predicted molar refractivity (Wildman–Crippen MR) is 105 cm³/mol. The molecule has 1 aromatic carbocycles. The molecule has 0 saturated carbocycles. The Morgan fingerprint density at radius 2 is 1.73 bits per heavy atom. The lowest BCUT2D eigenvalue weighted by Crippen LogP contribution is -2.48.